The highest BCUT2D eigenvalue weighted by Gasteiger charge is 2.25. The van der Waals surface area contributed by atoms with Crippen molar-refractivity contribution in [3.63, 3.8) is 0 Å². The fourth-order valence-electron chi connectivity index (χ4n) is 2.30. The number of hydrogen-bond donors (Lipinski definition) is 1. The van der Waals surface area contributed by atoms with Crippen LogP contribution in [0.15, 0.2) is 23.1 Å². The van der Waals surface area contributed by atoms with Crippen molar-refractivity contribution >= 4 is 16.5 Å². The monoisotopic (exact) mass is 255 g/mol. The zero-order valence-electron chi connectivity index (χ0n) is 9.99. The van der Waals surface area contributed by atoms with Crippen molar-refractivity contribution < 1.29 is 8.60 Å². The van der Waals surface area contributed by atoms with E-state index in [9.17, 15) is 8.60 Å². The second-order valence-electron chi connectivity index (χ2n) is 4.87. The lowest BCUT2D eigenvalue weighted by Crippen LogP contribution is -2.22. The van der Waals surface area contributed by atoms with Gasteiger partial charge in [-0.3, -0.25) is 4.21 Å². The number of halogens is 1. The van der Waals surface area contributed by atoms with Crippen molar-refractivity contribution in [2.24, 2.45) is 5.92 Å². The fraction of sp³-hybridized carbons (Fsp3) is 0.538. The minimum Gasteiger partial charge on any atom is -0.399 e. The van der Waals surface area contributed by atoms with Gasteiger partial charge in [-0.25, -0.2) is 4.39 Å². The SMILES string of the molecule is CC1CCC(S(=O)c2ccc(N)cc2F)CC1. The molecule has 1 aromatic rings. The Bertz CT molecular complexity index is 427. The topological polar surface area (TPSA) is 43.1 Å². The van der Waals surface area contributed by atoms with Crippen LogP contribution < -0.4 is 5.73 Å². The molecule has 1 atom stereocenters. The normalized spacial score (nSPS) is 26.7. The molecular formula is C13H18FNOS. The molecule has 0 aromatic heterocycles. The minimum atomic E-state index is -1.24. The van der Waals surface area contributed by atoms with E-state index in [-0.39, 0.29) is 5.25 Å². The van der Waals surface area contributed by atoms with E-state index in [1.807, 2.05) is 0 Å². The van der Waals surface area contributed by atoms with Crippen LogP contribution in [0.1, 0.15) is 32.6 Å². The largest absolute Gasteiger partial charge is 0.399 e. The van der Waals surface area contributed by atoms with E-state index in [2.05, 4.69) is 6.92 Å². The van der Waals surface area contributed by atoms with Crippen LogP contribution in [-0.4, -0.2) is 9.46 Å². The molecule has 0 spiro atoms. The van der Waals surface area contributed by atoms with E-state index in [0.29, 0.717) is 16.5 Å². The molecule has 0 bridgehead atoms. The molecule has 1 aliphatic carbocycles. The molecule has 2 rings (SSSR count). The van der Waals surface area contributed by atoms with Crippen LogP contribution in [-0.2, 0) is 10.8 Å². The Morgan fingerprint density at radius 3 is 2.53 bits per heavy atom. The van der Waals surface area contributed by atoms with Crippen LogP contribution in [0.3, 0.4) is 0 Å². The lowest BCUT2D eigenvalue weighted by molar-refractivity contribution is 0.388. The van der Waals surface area contributed by atoms with Gasteiger partial charge in [0.25, 0.3) is 0 Å². The van der Waals surface area contributed by atoms with Gasteiger partial charge in [-0.1, -0.05) is 6.92 Å². The molecule has 0 aliphatic heterocycles. The molecule has 1 fully saturated rings. The number of hydrogen-bond acceptors (Lipinski definition) is 2. The van der Waals surface area contributed by atoms with Gasteiger partial charge in [0.1, 0.15) is 5.82 Å². The van der Waals surface area contributed by atoms with Crippen molar-refractivity contribution in [3.8, 4) is 0 Å². The van der Waals surface area contributed by atoms with Crippen molar-refractivity contribution in [2.45, 2.75) is 42.8 Å². The first-order valence-electron chi connectivity index (χ1n) is 6.03. The second-order valence-corrected chi connectivity index (χ2v) is 6.57. The van der Waals surface area contributed by atoms with E-state index < -0.39 is 16.6 Å². The Labute approximate surface area is 104 Å². The maximum atomic E-state index is 13.7. The molecule has 4 heteroatoms. The molecule has 94 valence electrons. The summed E-state index contributed by atoms with van der Waals surface area (Å²) >= 11 is 0. The molecule has 1 aliphatic rings. The highest BCUT2D eigenvalue weighted by Crippen LogP contribution is 2.30. The van der Waals surface area contributed by atoms with E-state index in [0.717, 1.165) is 25.7 Å². The number of nitrogens with two attached hydrogens (primary N) is 1. The third-order valence-corrected chi connectivity index (χ3v) is 5.28. The summed E-state index contributed by atoms with van der Waals surface area (Å²) in [5.74, 6) is 0.265. The average Bonchev–Trinajstić information content (AvgIpc) is 2.29. The van der Waals surface area contributed by atoms with Gasteiger partial charge < -0.3 is 5.73 Å². The first-order valence-corrected chi connectivity index (χ1v) is 7.25. The van der Waals surface area contributed by atoms with Crippen LogP contribution in [0.2, 0.25) is 0 Å². The highest BCUT2D eigenvalue weighted by atomic mass is 32.2. The first-order chi connectivity index (χ1) is 8.08. The highest BCUT2D eigenvalue weighted by molar-refractivity contribution is 7.85. The Morgan fingerprint density at radius 1 is 1.29 bits per heavy atom. The van der Waals surface area contributed by atoms with Crippen molar-refractivity contribution in [2.75, 3.05) is 5.73 Å². The zero-order chi connectivity index (χ0) is 12.4. The minimum absolute atomic E-state index is 0.101. The van der Waals surface area contributed by atoms with E-state index >= 15 is 0 Å². The summed E-state index contributed by atoms with van der Waals surface area (Å²) in [5.41, 5.74) is 5.86. The van der Waals surface area contributed by atoms with Gasteiger partial charge in [0.05, 0.1) is 15.7 Å². The molecule has 1 aromatic carbocycles. The Morgan fingerprint density at radius 2 is 1.94 bits per heavy atom. The average molecular weight is 255 g/mol. The molecule has 0 amide bonds. The van der Waals surface area contributed by atoms with Crippen molar-refractivity contribution in [3.05, 3.63) is 24.0 Å². The molecular weight excluding hydrogens is 237 g/mol. The third-order valence-electron chi connectivity index (χ3n) is 3.44. The molecule has 0 heterocycles. The Hall–Kier alpha value is -0.900. The number of benzene rings is 1. The van der Waals surface area contributed by atoms with Crippen LogP contribution in [0.25, 0.3) is 0 Å². The molecule has 17 heavy (non-hydrogen) atoms. The smallest absolute Gasteiger partial charge is 0.141 e. The van der Waals surface area contributed by atoms with Crippen LogP contribution in [0.4, 0.5) is 10.1 Å². The molecule has 0 saturated heterocycles. The third kappa shape index (κ3) is 2.86. The summed E-state index contributed by atoms with van der Waals surface area (Å²) < 4.78 is 25.9. The van der Waals surface area contributed by atoms with Crippen LogP contribution in [0.5, 0.6) is 0 Å². The van der Waals surface area contributed by atoms with Gasteiger partial charge in [0.2, 0.25) is 0 Å². The van der Waals surface area contributed by atoms with Gasteiger partial charge in [-0.15, -0.1) is 0 Å². The lowest BCUT2D eigenvalue weighted by Gasteiger charge is -2.25. The summed E-state index contributed by atoms with van der Waals surface area (Å²) in [6, 6.07) is 4.42. The quantitative estimate of drug-likeness (QED) is 0.825. The molecule has 2 nitrogen and oxygen atoms in total. The van der Waals surface area contributed by atoms with Gasteiger partial charge in [-0.2, -0.15) is 0 Å². The summed E-state index contributed by atoms with van der Waals surface area (Å²) in [5, 5.41) is 0.101. The predicted octanol–water partition coefficient (Wildman–Crippen LogP) is 3.09. The standard InChI is InChI=1S/C13H18FNOS/c1-9-2-5-11(6-3-9)17(16)13-7-4-10(15)8-12(13)14/h4,7-9,11H,2-3,5-6,15H2,1H3. The second kappa shape index (κ2) is 5.17. The first kappa shape index (κ1) is 12.6. The summed E-state index contributed by atoms with van der Waals surface area (Å²) in [6.07, 6.45) is 4.04. The van der Waals surface area contributed by atoms with Gasteiger partial charge in [0.15, 0.2) is 0 Å². The zero-order valence-corrected chi connectivity index (χ0v) is 10.8. The summed E-state index contributed by atoms with van der Waals surface area (Å²) in [6.45, 7) is 2.21. The lowest BCUT2D eigenvalue weighted by atomic mass is 9.91. The fourth-order valence-corrected chi connectivity index (χ4v) is 3.82. The van der Waals surface area contributed by atoms with Gasteiger partial charge in [0, 0.05) is 10.9 Å². The van der Waals surface area contributed by atoms with Crippen molar-refractivity contribution in [1.29, 1.82) is 0 Å². The van der Waals surface area contributed by atoms with Gasteiger partial charge in [-0.05, 0) is 49.8 Å². The molecule has 0 radical (unpaired) electrons. The van der Waals surface area contributed by atoms with Crippen molar-refractivity contribution in [1.82, 2.24) is 0 Å². The Balaban J connectivity index is 2.14. The summed E-state index contributed by atoms with van der Waals surface area (Å²) in [4.78, 5) is 0.304. The van der Waals surface area contributed by atoms with Gasteiger partial charge >= 0.3 is 0 Å². The van der Waals surface area contributed by atoms with Crippen LogP contribution in [0, 0.1) is 11.7 Å². The summed E-state index contributed by atoms with van der Waals surface area (Å²) in [7, 11) is -1.24. The Kier molecular flexibility index (Phi) is 3.82. The van der Waals surface area contributed by atoms with E-state index in [4.69, 9.17) is 5.73 Å². The maximum absolute atomic E-state index is 13.7. The maximum Gasteiger partial charge on any atom is 0.141 e. The molecule has 2 N–H and O–H groups in total. The van der Waals surface area contributed by atoms with E-state index in [1.165, 1.54) is 6.07 Å². The predicted molar refractivity (Wildman–Crippen MR) is 68.6 cm³/mol. The van der Waals surface area contributed by atoms with Crippen LogP contribution >= 0.6 is 0 Å². The van der Waals surface area contributed by atoms with E-state index in [1.54, 1.807) is 12.1 Å². The number of rotatable bonds is 2. The molecule has 1 unspecified atom stereocenters. The number of anilines is 1. The molecule has 1 saturated carbocycles. The number of nitrogen functional groups attached to an aromatic ring is 1.